The molecule has 2 rings (SSSR count). The van der Waals surface area contributed by atoms with Crippen molar-refractivity contribution in [3.63, 3.8) is 0 Å². The standard InChI is InChI=1S/C19H25F4N3O2/c1-19(2,23)18(28)25-10-13-4-3-5-26(13)17(27)8-12(24)6-11-7-15(21)16(22)9-14(11)20/h7,9,12-13H,3-6,8,10,24H2,1-2H3,(H,25,28)/t12-,13?/m1/s1. The molecule has 0 spiro atoms. The van der Waals surface area contributed by atoms with Crippen LogP contribution in [0.25, 0.3) is 0 Å². The number of halogens is 4. The highest BCUT2D eigenvalue weighted by Gasteiger charge is 2.32. The number of hydrogen-bond donors (Lipinski definition) is 2. The summed E-state index contributed by atoms with van der Waals surface area (Å²) in [5.74, 6) is -4.42. The Morgan fingerprint density at radius 3 is 2.54 bits per heavy atom. The quantitative estimate of drug-likeness (QED) is 0.542. The monoisotopic (exact) mass is 403 g/mol. The van der Waals surface area contributed by atoms with Gasteiger partial charge in [-0.15, -0.1) is 0 Å². The predicted octanol–water partition coefficient (Wildman–Crippen LogP) is 2.22. The van der Waals surface area contributed by atoms with Gasteiger partial charge < -0.3 is 16.0 Å². The van der Waals surface area contributed by atoms with Crippen LogP contribution in [0.3, 0.4) is 0 Å². The Kier molecular flexibility index (Phi) is 7.03. The lowest BCUT2D eigenvalue weighted by Gasteiger charge is -2.27. The van der Waals surface area contributed by atoms with Gasteiger partial charge in [-0.1, -0.05) is 0 Å². The molecular formula is C19H25F4N3O2. The van der Waals surface area contributed by atoms with E-state index in [1.54, 1.807) is 4.90 Å². The fourth-order valence-electron chi connectivity index (χ4n) is 3.21. The summed E-state index contributed by atoms with van der Waals surface area (Å²) in [6.45, 7) is 2.91. The van der Waals surface area contributed by atoms with Crippen molar-refractivity contribution in [3.8, 4) is 0 Å². The van der Waals surface area contributed by atoms with Gasteiger partial charge in [0.25, 0.3) is 5.91 Å². The van der Waals surface area contributed by atoms with Gasteiger partial charge in [-0.2, -0.15) is 0 Å². The summed E-state index contributed by atoms with van der Waals surface area (Å²) in [6, 6.07) is 0.130. The molecule has 0 aromatic heterocycles. The van der Waals surface area contributed by atoms with Gasteiger partial charge in [-0.05, 0) is 44.7 Å². The van der Waals surface area contributed by atoms with Gasteiger partial charge in [0.2, 0.25) is 5.91 Å². The van der Waals surface area contributed by atoms with Crippen LogP contribution < -0.4 is 11.1 Å². The molecule has 2 amide bonds. The van der Waals surface area contributed by atoms with Gasteiger partial charge in [0.05, 0.1) is 0 Å². The second-order valence-electron chi connectivity index (χ2n) is 7.59. The Labute approximate surface area is 161 Å². The van der Waals surface area contributed by atoms with Crippen LogP contribution in [0.15, 0.2) is 12.1 Å². The molecule has 2 atom stereocenters. The number of carbonyl (C=O) groups is 2. The Balaban J connectivity index is 1.92. The van der Waals surface area contributed by atoms with E-state index in [1.165, 1.54) is 0 Å². The highest BCUT2D eigenvalue weighted by atomic mass is 19.2. The van der Waals surface area contributed by atoms with Crippen molar-refractivity contribution in [1.29, 1.82) is 0 Å². The topological polar surface area (TPSA) is 75.4 Å². The summed E-state index contributed by atoms with van der Waals surface area (Å²) in [6.07, 6.45) is 1.15. The van der Waals surface area contributed by atoms with Gasteiger partial charge in [0.15, 0.2) is 17.3 Å². The van der Waals surface area contributed by atoms with Crippen molar-refractivity contribution in [3.05, 3.63) is 35.1 Å². The van der Waals surface area contributed by atoms with Gasteiger partial charge in [-0.25, -0.2) is 17.6 Å². The van der Waals surface area contributed by atoms with Crippen LogP contribution >= 0.6 is 0 Å². The molecule has 1 saturated heterocycles. The molecule has 3 N–H and O–H groups in total. The first kappa shape index (κ1) is 22.1. The van der Waals surface area contributed by atoms with Crippen LogP contribution in [0.2, 0.25) is 0 Å². The zero-order valence-electron chi connectivity index (χ0n) is 15.9. The second kappa shape index (κ2) is 8.89. The summed E-state index contributed by atoms with van der Waals surface area (Å²) in [4.78, 5) is 25.8. The van der Waals surface area contributed by atoms with Gasteiger partial charge in [0, 0.05) is 37.7 Å². The van der Waals surface area contributed by atoms with Crippen LogP contribution in [-0.4, -0.2) is 47.6 Å². The third kappa shape index (κ3) is 5.67. The molecule has 1 heterocycles. The molecule has 1 aromatic carbocycles. The third-order valence-electron chi connectivity index (χ3n) is 4.74. The largest absolute Gasteiger partial charge is 0.351 e. The molecule has 1 aliphatic rings. The first-order chi connectivity index (χ1) is 13.0. The van der Waals surface area contributed by atoms with Crippen molar-refractivity contribution in [2.24, 2.45) is 5.73 Å². The zero-order chi connectivity index (χ0) is 21.1. The van der Waals surface area contributed by atoms with E-state index in [1.807, 2.05) is 0 Å². The fraction of sp³-hybridized carbons (Fsp3) is 0.579. The number of amides is 2. The lowest BCUT2D eigenvalue weighted by Crippen LogP contribution is -2.48. The molecule has 156 valence electrons. The SMILES string of the molecule is CC(C)(F)C(=O)NCC1CCCN1C(=O)C[C@H](N)Cc1cc(F)c(F)cc1F. The minimum atomic E-state index is -2.01. The van der Waals surface area contributed by atoms with Crippen LogP contribution in [0.4, 0.5) is 17.6 Å². The van der Waals surface area contributed by atoms with Crippen LogP contribution in [0, 0.1) is 17.5 Å². The molecule has 0 saturated carbocycles. The van der Waals surface area contributed by atoms with Crippen molar-refractivity contribution in [2.75, 3.05) is 13.1 Å². The van der Waals surface area contributed by atoms with Crippen LogP contribution in [0.1, 0.15) is 38.7 Å². The highest BCUT2D eigenvalue weighted by Crippen LogP contribution is 2.20. The summed E-state index contributed by atoms with van der Waals surface area (Å²) in [5.41, 5.74) is 3.79. The van der Waals surface area contributed by atoms with E-state index in [-0.39, 0.29) is 36.9 Å². The summed E-state index contributed by atoms with van der Waals surface area (Å²) < 4.78 is 53.6. The lowest BCUT2D eigenvalue weighted by atomic mass is 10.0. The van der Waals surface area contributed by atoms with E-state index in [0.717, 1.165) is 26.3 Å². The number of nitrogens with zero attached hydrogens (tertiary/aromatic N) is 1. The van der Waals surface area contributed by atoms with E-state index in [4.69, 9.17) is 5.73 Å². The summed E-state index contributed by atoms with van der Waals surface area (Å²) in [5, 5.41) is 2.50. The number of nitrogens with two attached hydrogens (primary N) is 1. The van der Waals surface area contributed by atoms with Crippen LogP contribution in [0.5, 0.6) is 0 Å². The maximum atomic E-state index is 13.7. The Morgan fingerprint density at radius 1 is 1.25 bits per heavy atom. The van der Waals surface area contributed by atoms with Gasteiger partial charge in [0.1, 0.15) is 5.82 Å². The molecule has 5 nitrogen and oxygen atoms in total. The molecule has 1 fully saturated rings. The molecule has 1 unspecified atom stereocenters. The number of rotatable bonds is 7. The summed E-state index contributed by atoms with van der Waals surface area (Å²) >= 11 is 0. The molecule has 28 heavy (non-hydrogen) atoms. The number of likely N-dealkylation sites (tertiary alicyclic amines) is 1. The Bertz CT molecular complexity index is 737. The molecular weight excluding hydrogens is 378 g/mol. The molecule has 0 radical (unpaired) electrons. The van der Waals surface area contributed by atoms with E-state index < -0.39 is 35.1 Å². The molecule has 0 aliphatic carbocycles. The molecule has 1 aromatic rings. The first-order valence-corrected chi connectivity index (χ1v) is 9.14. The van der Waals surface area contributed by atoms with E-state index in [9.17, 15) is 27.2 Å². The minimum absolute atomic E-state index is 0.102. The van der Waals surface area contributed by atoms with E-state index >= 15 is 0 Å². The number of hydrogen-bond acceptors (Lipinski definition) is 3. The third-order valence-corrected chi connectivity index (χ3v) is 4.74. The number of nitrogens with one attached hydrogen (secondary N) is 1. The van der Waals surface area contributed by atoms with Crippen molar-refractivity contribution in [2.45, 2.75) is 57.3 Å². The van der Waals surface area contributed by atoms with E-state index in [0.29, 0.717) is 19.0 Å². The first-order valence-electron chi connectivity index (χ1n) is 9.14. The minimum Gasteiger partial charge on any atom is -0.351 e. The Morgan fingerprint density at radius 2 is 1.89 bits per heavy atom. The van der Waals surface area contributed by atoms with Gasteiger partial charge >= 0.3 is 0 Å². The van der Waals surface area contributed by atoms with Gasteiger partial charge in [-0.3, -0.25) is 9.59 Å². The number of carbonyl (C=O) groups excluding carboxylic acids is 2. The van der Waals surface area contributed by atoms with E-state index in [2.05, 4.69) is 5.32 Å². The number of alkyl halides is 1. The average molecular weight is 403 g/mol. The fourth-order valence-corrected chi connectivity index (χ4v) is 3.21. The smallest absolute Gasteiger partial charge is 0.257 e. The Hall–Kier alpha value is -2.16. The maximum Gasteiger partial charge on any atom is 0.257 e. The maximum absolute atomic E-state index is 13.7. The van der Waals surface area contributed by atoms with Crippen LogP contribution in [-0.2, 0) is 16.0 Å². The molecule has 1 aliphatic heterocycles. The predicted molar refractivity (Wildman–Crippen MR) is 95.5 cm³/mol. The molecule has 9 heteroatoms. The second-order valence-corrected chi connectivity index (χ2v) is 7.59. The molecule has 0 bridgehead atoms. The lowest BCUT2D eigenvalue weighted by molar-refractivity contribution is -0.134. The zero-order valence-corrected chi connectivity index (χ0v) is 15.9. The van der Waals surface area contributed by atoms with Crippen molar-refractivity contribution < 1.29 is 27.2 Å². The highest BCUT2D eigenvalue weighted by molar-refractivity contribution is 5.84. The van der Waals surface area contributed by atoms with Crippen molar-refractivity contribution >= 4 is 11.8 Å². The average Bonchev–Trinajstić information content (AvgIpc) is 3.05. The summed E-state index contributed by atoms with van der Waals surface area (Å²) in [7, 11) is 0. The number of benzene rings is 1. The van der Waals surface area contributed by atoms with Crippen molar-refractivity contribution in [1.82, 2.24) is 10.2 Å². The normalized spacial score (nSPS) is 18.2.